The second-order valence-corrected chi connectivity index (χ2v) is 13.3. The number of imidazole rings is 1. The van der Waals surface area contributed by atoms with Gasteiger partial charge < -0.3 is 9.80 Å². The summed E-state index contributed by atoms with van der Waals surface area (Å²) in [6.45, 7) is 1.23. The smallest absolute Gasteiger partial charge is 0.319 e. The van der Waals surface area contributed by atoms with Crippen molar-refractivity contribution in [3.63, 3.8) is 0 Å². The SMILES string of the molecule is CN(C)C(=O)N1CC2(CC=C(c3nc(-c4nnc(C(F)F)s4)n4cc(S(=O)(=O)NC5(C#N)CC5)ccc34)C2)C1. The number of rotatable bonds is 6. The predicted molar refractivity (Wildman–Crippen MR) is 137 cm³/mol. The first-order chi connectivity index (χ1) is 18.4. The molecule has 0 radical (unpaired) electrons. The van der Waals surface area contributed by atoms with Gasteiger partial charge in [0, 0.05) is 38.8 Å². The Bertz CT molecular complexity index is 1680. The van der Waals surface area contributed by atoms with Crippen LogP contribution in [0.2, 0.25) is 0 Å². The fourth-order valence-corrected chi connectivity index (χ4v) is 7.25. The Morgan fingerprint density at radius 2 is 2.00 bits per heavy atom. The molecule has 1 N–H and O–H groups in total. The van der Waals surface area contributed by atoms with Crippen LogP contribution in [0.1, 0.15) is 42.8 Å². The number of nitrogens with zero attached hydrogens (tertiary/aromatic N) is 7. The molecular weight excluding hydrogens is 550 g/mol. The number of carbonyl (C=O) groups is 1. The molecule has 0 atom stereocenters. The minimum atomic E-state index is -4.04. The van der Waals surface area contributed by atoms with Gasteiger partial charge in [-0.25, -0.2) is 27.0 Å². The number of pyridine rings is 1. The van der Waals surface area contributed by atoms with Crippen LogP contribution in [0.25, 0.3) is 21.9 Å². The number of halogens is 2. The van der Waals surface area contributed by atoms with Crippen LogP contribution in [0.4, 0.5) is 13.6 Å². The van der Waals surface area contributed by atoms with Gasteiger partial charge >= 0.3 is 6.03 Å². The van der Waals surface area contributed by atoms with Gasteiger partial charge in [-0.1, -0.05) is 17.4 Å². The van der Waals surface area contributed by atoms with Crippen LogP contribution in [-0.4, -0.2) is 76.6 Å². The van der Waals surface area contributed by atoms with Crippen molar-refractivity contribution in [3.8, 4) is 16.9 Å². The summed E-state index contributed by atoms with van der Waals surface area (Å²) in [4.78, 5) is 20.3. The highest BCUT2D eigenvalue weighted by atomic mass is 32.2. The summed E-state index contributed by atoms with van der Waals surface area (Å²) < 4.78 is 56.7. The monoisotopic (exact) mass is 574 g/mol. The highest BCUT2D eigenvalue weighted by molar-refractivity contribution is 7.89. The molecule has 1 saturated carbocycles. The van der Waals surface area contributed by atoms with Crippen molar-refractivity contribution in [1.29, 1.82) is 5.26 Å². The third-order valence-electron chi connectivity index (χ3n) is 7.39. The zero-order valence-electron chi connectivity index (χ0n) is 21.1. The molecule has 4 heterocycles. The number of amides is 2. The first-order valence-corrected chi connectivity index (χ1v) is 14.5. The van der Waals surface area contributed by atoms with Crippen LogP contribution in [0.3, 0.4) is 0 Å². The van der Waals surface area contributed by atoms with Gasteiger partial charge in [0.15, 0.2) is 15.8 Å². The lowest BCUT2D eigenvalue weighted by Gasteiger charge is -2.49. The molecule has 15 heteroatoms. The molecule has 3 aliphatic rings. The Labute approximate surface area is 226 Å². The number of aromatic nitrogens is 4. The van der Waals surface area contributed by atoms with E-state index in [1.165, 1.54) is 16.7 Å². The van der Waals surface area contributed by atoms with E-state index in [4.69, 9.17) is 4.98 Å². The summed E-state index contributed by atoms with van der Waals surface area (Å²) in [5.74, 6) is 0.197. The Hall–Kier alpha value is -3.48. The molecule has 3 aromatic rings. The number of alkyl halides is 2. The first kappa shape index (κ1) is 25.8. The molecule has 11 nitrogen and oxygen atoms in total. The molecule has 0 aromatic carbocycles. The van der Waals surface area contributed by atoms with Gasteiger partial charge in [0.25, 0.3) is 6.43 Å². The average molecular weight is 575 g/mol. The van der Waals surface area contributed by atoms with E-state index in [2.05, 4.69) is 21.0 Å². The van der Waals surface area contributed by atoms with E-state index in [1.807, 2.05) is 6.07 Å². The second-order valence-electron chi connectivity index (χ2n) is 10.6. The van der Waals surface area contributed by atoms with Crippen molar-refractivity contribution in [2.45, 2.75) is 42.5 Å². The highest BCUT2D eigenvalue weighted by Crippen LogP contribution is 2.49. The summed E-state index contributed by atoms with van der Waals surface area (Å²) in [5.41, 5.74) is 0.926. The average Bonchev–Trinajstić information content (AvgIpc) is 3.23. The molecule has 1 spiro atoms. The van der Waals surface area contributed by atoms with Gasteiger partial charge in [0.2, 0.25) is 10.0 Å². The van der Waals surface area contributed by atoms with Crippen LogP contribution >= 0.6 is 11.3 Å². The molecule has 1 aliphatic heterocycles. The van der Waals surface area contributed by atoms with Crippen molar-refractivity contribution >= 4 is 38.5 Å². The van der Waals surface area contributed by atoms with Crippen LogP contribution in [0, 0.1) is 16.7 Å². The van der Waals surface area contributed by atoms with Crippen molar-refractivity contribution in [2.24, 2.45) is 5.41 Å². The molecule has 2 aliphatic carbocycles. The number of hydrogen-bond acceptors (Lipinski definition) is 8. The quantitative estimate of drug-likeness (QED) is 0.477. The topological polar surface area (TPSA) is 137 Å². The predicted octanol–water partition coefficient (Wildman–Crippen LogP) is 3.29. The molecule has 3 aromatic heterocycles. The van der Waals surface area contributed by atoms with Gasteiger partial charge in [0.05, 0.1) is 22.2 Å². The largest absolute Gasteiger partial charge is 0.331 e. The maximum absolute atomic E-state index is 13.3. The number of sulfonamides is 1. The Kier molecular flexibility index (Phi) is 5.79. The Balaban J connectivity index is 1.37. The Morgan fingerprint density at radius 3 is 2.62 bits per heavy atom. The normalized spacial score (nSPS) is 19.3. The van der Waals surface area contributed by atoms with Crippen LogP contribution in [0.15, 0.2) is 29.3 Å². The van der Waals surface area contributed by atoms with E-state index in [9.17, 15) is 27.3 Å². The molecule has 2 fully saturated rings. The summed E-state index contributed by atoms with van der Waals surface area (Å²) in [6.07, 6.45) is 2.93. The molecule has 0 bridgehead atoms. The first-order valence-electron chi connectivity index (χ1n) is 12.2. The fourth-order valence-electron chi connectivity index (χ4n) is 5.19. The van der Waals surface area contributed by atoms with E-state index in [-0.39, 0.29) is 27.2 Å². The second kappa shape index (κ2) is 8.77. The standard InChI is InChI=1S/C24H24F2N8O3S2/c1-32(2)22(35)33-12-23(13-33)6-5-14(9-23)17-16-4-3-15(39(36,37)31-24(11-27)7-8-24)10-34(16)19(28-17)21-30-29-20(38-21)18(25)26/h3-5,10,18,31H,6-9,12-13H2,1-2H3. The Morgan fingerprint density at radius 1 is 1.26 bits per heavy atom. The molecule has 2 amide bonds. The highest BCUT2D eigenvalue weighted by Gasteiger charge is 2.49. The molecule has 6 rings (SSSR count). The van der Waals surface area contributed by atoms with Crippen LogP contribution in [0.5, 0.6) is 0 Å². The minimum absolute atomic E-state index is 0.0402. The molecule has 0 unspecified atom stereocenters. The van der Waals surface area contributed by atoms with E-state index >= 15 is 0 Å². The van der Waals surface area contributed by atoms with E-state index in [0.29, 0.717) is 54.9 Å². The zero-order chi connectivity index (χ0) is 27.7. The van der Waals surface area contributed by atoms with E-state index in [1.54, 1.807) is 30.0 Å². The molecular formula is C24H24F2N8O3S2. The van der Waals surface area contributed by atoms with Crippen LogP contribution < -0.4 is 4.72 Å². The maximum Gasteiger partial charge on any atom is 0.319 e. The number of allylic oxidation sites excluding steroid dienone is 2. The molecule has 39 heavy (non-hydrogen) atoms. The summed E-state index contributed by atoms with van der Waals surface area (Å²) in [6, 6.07) is 5.03. The van der Waals surface area contributed by atoms with Gasteiger partial charge in [-0.15, -0.1) is 10.2 Å². The lowest BCUT2D eigenvalue weighted by Crippen LogP contribution is -2.59. The number of nitrogens with one attached hydrogen (secondary N) is 1. The lowest BCUT2D eigenvalue weighted by atomic mass is 9.76. The summed E-state index contributed by atoms with van der Waals surface area (Å²) in [5, 5.41) is 16.5. The van der Waals surface area contributed by atoms with Crippen molar-refractivity contribution in [2.75, 3.05) is 27.2 Å². The number of likely N-dealkylation sites (tertiary alicyclic amines) is 1. The molecule has 1 saturated heterocycles. The van der Waals surface area contributed by atoms with Gasteiger partial charge in [0.1, 0.15) is 5.54 Å². The number of nitriles is 1. The number of hydrogen-bond donors (Lipinski definition) is 1. The lowest BCUT2D eigenvalue weighted by molar-refractivity contribution is 0.0322. The number of fused-ring (bicyclic) bond motifs is 1. The zero-order valence-corrected chi connectivity index (χ0v) is 22.7. The maximum atomic E-state index is 13.3. The van der Waals surface area contributed by atoms with Gasteiger partial charge in [-0.05, 0) is 43.4 Å². The third-order valence-corrected chi connectivity index (χ3v) is 9.84. The van der Waals surface area contributed by atoms with E-state index in [0.717, 1.165) is 12.0 Å². The van der Waals surface area contributed by atoms with Crippen molar-refractivity contribution in [1.82, 2.24) is 34.1 Å². The fraction of sp³-hybridized carbons (Fsp3) is 0.458. The van der Waals surface area contributed by atoms with Gasteiger partial charge in [-0.3, -0.25) is 4.40 Å². The summed E-state index contributed by atoms with van der Waals surface area (Å²) in [7, 11) is -0.612. The van der Waals surface area contributed by atoms with E-state index < -0.39 is 27.0 Å². The number of urea groups is 1. The van der Waals surface area contributed by atoms with Crippen molar-refractivity contribution < 1.29 is 22.0 Å². The third kappa shape index (κ3) is 4.36. The van der Waals surface area contributed by atoms with Crippen LogP contribution in [-0.2, 0) is 10.0 Å². The number of carbonyl (C=O) groups excluding carboxylic acids is 1. The summed E-state index contributed by atoms with van der Waals surface area (Å²) >= 11 is 0.691. The van der Waals surface area contributed by atoms with Crippen molar-refractivity contribution in [3.05, 3.63) is 35.1 Å². The minimum Gasteiger partial charge on any atom is -0.331 e. The molecule has 204 valence electrons. The van der Waals surface area contributed by atoms with Gasteiger partial charge in [-0.2, -0.15) is 9.98 Å².